The lowest BCUT2D eigenvalue weighted by molar-refractivity contribution is 0.124. The number of hydrogen-bond donors (Lipinski definition) is 1. The quantitative estimate of drug-likeness (QED) is 0.879. The first-order valence-corrected chi connectivity index (χ1v) is 10.8. The van der Waals surface area contributed by atoms with Gasteiger partial charge in [0, 0.05) is 61.3 Å². The number of urea groups is 1. The van der Waals surface area contributed by atoms with Crippen LogP contribution < -0.4 is 5.32 Å². The fourth-order valence-corrected chi connectivity index (χ4v) is 5.69. The fourth-order valence-electron chi connectivity index (χ4n) is 5.69. The fraction of sp³-hybridized carbons (Fsp3) is 0.609. The second-order valence-electron chi connectivity index (χ2n) is 8.45. The number of rotatable bonds is 4. The number of likely N-dealkylation sites (tertiary alicyclic amines) is 1. The highest BCUT2D eigenvalue weighted by atomic mass is 16.2. The van der Waals surface area contributed by atoms with Crippen molar-refractivity contribution in [2.75, 3.05) is 26.7 Å². The molecule has 152 valence electrons. The Labute approximate surface area is 168 Å². The largest absolute Gasteiger partial charge is 0.347 e. The van der Waals surface area contributed by atoms with Gasteiger partial charge in [0.1, 0.15) is 0 Å². The number of carbonyl (C=O) groups excluding carboxylic acids is 1. The van der Waals surface area contributed by atoms with Crippen LogP contribution in [0.1, 0.15) is 49.9 Å². The number of amides is 2. The summed E-state index contributed by atoms with van der Waals surface area (Å²) in [6, 6.07) is 7.59. The normalized spacial score (nSPS) is 24.2. The van der Waals surface area contributed by atoms with Crippen molar-refractivity contribution in [2.24, 2.45) is 7.05 Å². The summed E-state index contributed by atoms with van der Waals surface area (Å²) in [5, 5.41) is 4.79. The topological polar surface area (TPSA) is 40.5 Å². The molecule has 5 nitrogen and oxygen atoms in total. The highest BCUT2D eigenvalue weighted by molar-refractivity contribution is 5.90. The lowest BCUT2D eigenvalue weighted by Gasteiger charge is -2.46. The number of aromatic nitrogens is 1. The molecule has 1 aliphatic heterocycles. The average Bonchev–Trinajstić information content (AvgIpc) is 2.96. The molecule has 0 spiro atoms. The SMILES string of the molecule is CCc1c2c3c(cccc3n1C)[C@H]1C[C@H](NC(=O)N(CC)CC)CN(C)[C@@H]1C2. The van der Waals surface area contributed by atoms with E-state index in [1.165, 1.54) is 22.2 Å². The van der Waals surface area contributed by atoms with E-state index >= 15 is 0 Å². The zero-order chi connectivity index (χ0) is 20.0. The van der Waals surface area contributed by atoms with Gasteiger partial charge >= 0.3 is 6.03 Å². The standard InChI is InChI=1S/C23H34N4O/c1-6-19-18-13-21-17(16-10-9-11-20(22(16)18)26(19)5)12-15(14-25(21)4)24-23(28)27(7-2)8-3/h9-11,15,17,21H,6-8,12-14H2,1-5H3,(H,24,28)/t15-,17+,21+/m0/s1. The predicted molar refractivity (Wildman–Crippen MR) is 115 cm³/mol. The molecule has 2 aromatic rings. The minimum atomic E-state index is 0.0736. The molecule has 1 aromatic heterocycles. The average molecular weight is 383 g/mol. The number of carbonyl (C=O) groups is 1. The van der Waals surface area contributed by atoms with E-state index < -0.39 is 0 Å². The van der Waals surface area contributed by atoms with Crippen molar-refractivity contribution in [1.82, 2.24) is 19.7 Å². The van der Waals surface area contributed by atoms with Crippen LogP contribution in [0.15, 0.2) is 18.2 Å². The summed E-state index contributed by atoms with van der Waals surface area (Å²) < 4.78 is 2.39. The molecule has 2 amide bonds. The van der Waals surface area contributed by atoms with Crippen molar-refractivity contribution < 1.29 is 4.79 Å². The lowest BCUT2D eigenvalue weighted by atomic mass is 9.73. The van der Waals surface area contributed by atoms with Gasteiger partial charge in [0.2, 0.25) is 0 Å². The van der Waals surface area contributed by atoms with E-state index in [1.54, 1.807) is 5.56 Å². The van der Waals surface area contributed by atoms with Crippen LogP contribution in [0.3, 0.4) is 0 Å². The molecule has 28 heavy (non-hydrogen) atoms. The van der Waals surface area contributed by atoms with Crippen molar-refractivity contribution >= 4 is 16.9 Å². The number of aryl methyl sites for hydroxylation is 1. The van der Waals surface area contributed by atoms with Crippen molar-refractivity contribution in [3.8, 4) is 0 Å². The molecule has 0 bridgehead atoms. The van der Waals surface area contributed by atoms with E-state index in [-0.39, 0.29) is 12.1 Å². The maximum Gasteiger partial charge on any atom is 0.317 e. The van der Waals surface area contributed by atoms with E-state index in [2.05, 4.69) is 54.0 Å². The summed E-state index contributed by atoms with van der Waals surface area (Å²) in [5.41, 5.74) is 5.87. The van der Waals surface area contributed by atoms with Crippen LogP contribution in [-0.2, 0) is 19.9 Å². The molecule has 2 heterocycles. The Hall–Kier alpha value is -2.01. The molecule has 1 saturated heterocycles. The highest BCUT2D eigenvalue weighted by Gasteiger charge is 2.41. The Bertz CT molecular complexity index is 882. The minimum absolute atomic E-state index is 0.0736. The third-order valence-electron chi connectivity index (χ3n) is 7.09. The van der Waals surface area contributed by atoms with E-state index in [4.69, 9.17) is 0 Å². The number of hydrogen-bond acceptors (Lipinski definition) is 2. The van der Waals surface area contributed by atoms with Gasteiger partial charge < -0.3 is 19.7 Å². The molecule has 5 heteroatoms. The van der Waals surface area contributed by atoms with E-state index in [9.17, 15) is 4.79 Å². The van der Waals surface area contributed by atoms with Gasteiger partial charge in [-0.3, -0.25) is 0 Å². The molecule has 1 fully saturated rings. The van der Waals surface area contributed by atoms with E-state index in [0.717, 1.165) is 38.9 Å². The van der Waals surface area contributed by atoms with Crippen molar-refractivity contribution in [3.05, 3.63) is 35.0 Å². The Morgan fingerprint density at radius 3 is 2.64 bits per heavy atom. The zero-order valence-corrected chi connectivity index (χ0v) is 18.0. The number of benzene rings is 1. The Balaban J connectivity index is 1.68. The number of fused-ring (bicyclic) bond motifs is 2. The van der Waals surface area contributed by atoms with Crippen LogP contribution in [0, 0.1) is 0 Å². The van der Waals surface area contributed by atoms with Crippen molar-refractivity contribution in [1.29, 1.82) is 0 Å². The summed E-state index contributed by atoms with van der Waals surface area (Å²) in [4.78, 5) is 17.0. The van der Waals surface area contributed by atoms with Crippen LogP contribution in [0.4, 0.5) is 4.79 Å². The third-order valence-corrected chi connectivity index (χ3v) is 7.09. The smallest absolute Gasteiger partial charge is 0.317 e. The van der Waals surface area contributed by atoms with Gasteiger partial charge in [-0.2, -0.15) is 0 Å². The molecule has 3 atom stereocenters. The van der Waals surface area contributed by atoms with E-state index in [0.29, 0.717) is 12.0 Å². The minimum Gasteiger partial charge on any atom is -0.347 e. The Morgan fingerprint density at radius 1 is 1.21 bits per heavy atom. The van der Waals surface area contributed by atoms with Crippen LogP contribution in [0.5, 0.6) is 0 Å². The molecule has 4 rings (SSSR count). The Morgan fingerprint density at radius 2 is 1.96 bits per heavy atom. The molecule has 1 N–H and O–H groups in total. The molecule has 1 aromatic carbocycles. The lowest BCUT2D eigenvalue weighted by Crippen LogP contribution is -2.56. The van der Waals surface area contributed by atoms with E-state index in [1.807, 2.05) is 18.7 Å². The summed E-state index contributed by atoms with van der Waals surface area (Å²) in [7, 11) is 4.44. The van der Waals surface area contributed by atoms with Gasteiger partial charge in [0.05, 0.1) is 0 Å². The summed E-state index contributed by atoms with van der Waals surface area (Å²) >= 11 is 0. The molecule has 0 saturated carbocycles. The molecule has 1 aliphatic carbocycles. The number of nitrogens with zero attached hydrogens (tertiary/aromatic N) is 3. The van der Waals surface area contributed by atoms with Crippen LogP contribution in [0.25, 0.3) is 10.9 Å². The van der Waals surface area contributed by atoms with Gasteiger partial charge in [-0.25, -0.2) is 4.79 Å². The van der Waals surface area contributed by atoms with Crippen LogP contribution in [0.2, 0.25) is 0 Å². The summed E-state index contributed by atoms with van der Waals surface area (Å²) in [5.74, 6) is 0.476. The third kappa shape index (κ3) is 2.91. The number of likely N-dealkylation sites (N-methyl/N-ethyl adjacent to an activating group) is 1. The van der Waals surface area contributed by atoms with Gasteiger partial charge in [-0.1, -0.05) is 19.1 Å². The molecule has 0 unspecified atom stereocenters. The summed E-state index contributed by atoms with van der Waals surface area (Å²) in [6.45, 7) is 8.77. The first-order valence-electron chi connectivity index (χ1n) is 10.8. The van der Waals surface area contributed by atoms with Gasteiger partial charge in [0.15, 0.2) is 0 Å². The highest BCUT2D eigenvalue weighted by Crippen LogP contribution is 2.45. The second kappa shape index (κ2) is 7.43. The molecular formula is C23H34N4O. The number of piperidine rings is 1. The molecule has 2 aliphatic rings. The first kappa shape index (κ1) is 19.3. The molecule has 0 radical (unpaired) electrons. The first-order chi connectivity index (χ1) is 13.5. The maximum atomic E-state index is 12.6. The predicted octanol–water partition coefficient (Wildman–Crippen LogP) is 3.50. The van der Waals surface area contributed by atoms with Crippen LogP contribution in [-0.4, -0.2) is 59.2 Å². The van der Waals surface area contributed by atoms with Gasteiger partial charge in [-0.15, -0.1) is 0 Å². The second-order valence-corrected chi connectivity index (χ2v) is 8.45. The maximum absolute atomic E-state index is 12.6. The number of nitrogens with one attached hydrogen (secondary N) is 1. The molecular weight excluding hydrogens is 348 g/mol. The van der Waals surface area contributed by atoms with Crippen LogP contribution >= 0.6 is 0 Å². The van der Waals surface area contributed by atoms with Crippen molar-refractivity contribution in [3.63, 3.8) is 0 Å². The summed E-state index contributed by atoms with van der Waals surface area (Å²) in [6.07, 6.45) is 3.22. The monoisotopic (exact) mass is 382 g/mol. The van der Waals surface area contributed by atoms with Gasteiger partial charge in [0.25, 0.3) is 0 Å². The van der Waals surface area contributed by atoms with Crippen molar-refractivity contribution in [2.45, 2.75) is 58.0 Å². The Kier molecular flexibility index (Phi) is 5.13. The zero-order valence-electron chi connectivity index (χ0n) is 18.0. The van der Waals surface area contributed by atoms with Gasteiger partial charge in [-0.05, 0) is 57.4 Å².